The second-order valence-electron chi connectivity index (χ2n) is 4.18. The van der Waals surface area contributed by atoms with E-state index in [4.69, 9.17) is 5.14 Å². The molecule has 0 heterocycles. The van der Waals surface area contributed by atoms with Crippen LogP contribution in [0.25, 0.3) is 0 Å². The number of rotatable bonds is 3. The van der Waals surface area contributed by atoms with Crippen LogP contribution in [-0.2, 0) is 10.0 Å². The average molecular weight is 280 g/mol. The highest BCUT2D eigenvalue weighted by Crippen LogP contribution is 2.21. The Balaban J connectivity index is 2.25. The van der Waals surface area contributed by atoms with E-state index in [0.29, 0.717) is 11.4 Å². The molecule has 0 fully saturated rings. The van der Waals surface area contributed by atoms with Crippen LogP contribution in [0.15, 0.2) is 47.4 Å². The molecule has 0 radical (unpaired) electrons. The van der Waals surface area contributed by atoms with Crippen molar-refractivity contribution >= 4 is 21.4 Å². The summed E-state index contributed by atoms with van der Waals surface area (Å²) in [5.41, 5.74) is 1.73. The molecule has 3 N–H and O–H groups in total. The SMILES string of the molecule is Cc1ccc(Nc2ccc(S(N)(=O)=O)cc2)c(F)c1. The molecule has 0 aromatic heterocycles. The Morgan fingerprint density at radius 3 is 2.26 bits per heavy atom. The van der Waals surface area contributed by atoms with Gasteiger partial charge >= 0.3 is 0 Å². The van der Waals surface area contributed by atoms with Gasteiger partial charge in [0.25, 0.3) is 0 Å². The number of primary sulfonamides is 1. The summed E-state index contributed by atoms with van der Waals surface area (Å²) < 4.78 is 35.8. The van der Waals surface area contributed by atoms with E-state index in [1.807, 2.05) is 0 Å². The second-order valence-corrected chi connectivity index (χ2v) is 5.74. The molecule has 0 saturated heterocycles. The molecule has 0 spiro atoms. The maximum absolute atomic E-state index is 13.6. The van der Waals surface area contributed by atoms with Crippen LogP contribution in [0.4, 0.5) is 15.8 Å². The summed E-state index contributed by atoms with van der Waals surface area (Å²) in [6, 6.07) is 10.6. The number of halogens is 1. The molecule has 100 valence electrons. The smallest absolute Gasteiger partial charge is 0.238 e. The van der Waals surface area contributed by atoms with Gasteiger partial charge in [-0.2, -0.15) is 0 Å². The van der Waals surface area contributed by atoms with Crippen molar-refractivity contribution in [1.29, 1.82) is 0 Å². The van der Waals surface area contributed by atoms with Crippen molar-refractivity contribution < 1.29 is 12.8 Å². The van der Waals surface area contributed by atoms with Crippen molar-refractivity contribution in [3.8, 4) is 0 Å². The zero-order valence-corrected chi connectivity index (χ0v) is 11.0. The van der Waals surface area contributed by atoms with Crippen LogP contribution in [-0.4, -0.2) is 8.42 Å². The van der Waals surface area contributed by atoms with Crippen molar-refractivity contribution in [2.45, 2.75) is 11.8 Å². The predicted octanol–water partition coefficient (Wildman–Crippen LogP) is 2.53. The van der Waals surface area contributed by atoms with Gasteiger partial charge in [0.05, 0.1) is 10.6 Å². The van der Waals surface area contributed by atoms with E-state index in [2.05, 4.69) is 5.32 Å². The van der Waals surface area contributed by atoms with E-state index < -0.39 is 10.0 Å². The monoisotopic (exact) mass is 280 g/mol. The third-order valence-corrected chi connectivity index (χ3v) is 3.52. The zero-order chi connectivity index (χ0) is 14.0. The molecule has 0 amide bonds. The fourth-order valence-corrected chi connectivity index (χ4v) is 2.12. The third kappa shape index (κ3) is 3.30. The lowest BCUT2D eigenvalue weighted by Crippen LogP contribution is -2.11. The molecule has 0 atom stereocenters. The summed E-state index contributed by atoms with van der Waals surface area (Å²) in [5, 5.41) is 7.86. The van der Waals surface area contributed by atoms with E-state index in [1.54, 1.807) is 19.1 Å². The van der Waals surface area contributed by atoms with Crippen LogP contribution in [0.2, 0.25) is 0 Å². The van der Waals surface area contributed by atoms with Crippen molar-refractivity contribution in [2.24, 2.45) is 5.14 Å². The Bertz CT molecular complexity index is 697. The topological polar surface area (TPSA) is 72.2 Å². The fourth-order valence-electron chi connectivity index (χ4n) is 1.60. The van der Waals surface area contributed by atoms with Crippen LogP contribution in [0.1, 0.15) is 5.56 Å². The molecule has 6 heteroatoms. The highest BCUT2D eigenvalue weighted by atomic mass is 32.2. The number of nitrogens with two attached hydrogens (primary N) is 1. The Labute approximate surface area is 111 Å². The molecule has 2 aromatic carbocycles. The van der Waals surface area contributed by atoms with Gasteiger partial charge < -0.3 is 5.32 Å². The van der Waals surface area contributed by atoms with Gasteiger partial charge in [-0.05, 0) is 48.9 Å². The number of hydrogen-bond donors (Lipinski definition) is 2. The number of aryl methyl sites for hydroxylation is 1. The molecule has 0 bridgehead atoms. The third-order valence-electron chi connectivity index (χ3n) is 2.59. The Morgan fingerprint density at radius 2 is 1.74 bits per heavy atom. The number of anilines is 2. The standard InChI is InChI=1S/C13H13FN2O2S/c1-9-2-7-13(12(14)8-9)16-10-3-5-11(6-4-10)19(15,17)18/h2-8,16H,1H3,(H2,15,17,18). The summed E-state index contributed by atoms with van der Waals surface area (Å²) in [4.78, 5) is 0.0161. The molecule has 0 aliphatic heterocycles. The largest absolute Gasteiger partial charge is 0.353 e. The maximum Gasteiger partial charge on any atom is 0.238 e. The zero-order valence-electron chi connectivity index (χ0n) is 10.2. The molecular formula is C13H13FN2O2S. The average Bonchev–Trinajstić information content (AvgIpc) is 2.32. The summed E-state index contributed by atoms with van der Waals surface area (Å²) >= 11 is 0. The Kier molecular flexibility index (Phi) is 3.55. The molecule has 0 unspecified atom stereocenters. The maximum atomic E-state index is 13.6. The van der Waals surface area contributed by atoms with Crippen LogP contribution in [0, 0.1) is 12.7 Å². The summed E-state index contributed by atoms with van der Waals surface area (Å²) in [6.45, 7) is 1.80. The van der Waals surface area contributed by atoms with Gasteiger partial charge in [-0.25, -0.2) is 17.9 Å². The van der Waals surface area contributed by atoms with Gasteiger partial charge in [0.2, 0.25) is 10.0 Å². The first-order valence-electron chi connectivity index (χ1n) is 5.52. The van der Waals surface area contributed by atoms with Gasteiger partial charge in [0, 0.05) is 5.69 Å². The van der Waals surface area contributed by atoms with Crippen molar-refractivity contribution in [2.75, 3.05) is 5.32 Å². The molecular weight excluding hydrogens is 267 g/mol. The van der Waals surface area contributed by atoms with Gasteiger partial charge in [0.1, 0.15) is 5.82 Å². The summed E-state index contributed by atoms with van der Waals surface area (Å²) in [7, 11) is -3.71. The molecule has 2 rings (SSSR count). The number of benzene rings is 2. The van der Waals surface area contributed by atoms with Crippen molar-refractivity contribution in [1.82, 2.24) is 0 Å². The molecule has 0 aliphatic rings. The molecule has 0 aliphatic carbocycles. The summed E-state index contributed by atoms with van der Waals surface area (Å²) in [5.74, 6) is -0.365. The van der Waals surface area contributed by atoms with E-state index in [1.165, 1.54) is 30.3 Å². The van der Waals surface area contributed by atoms with Crippen molar-refractivity contribution in [3.05, 3.63) is 53.8 Å². The first-order chi connectivity index (χ1) is 8.86. The lowest BCUT2D eigenvalue weighted by atomic mass is 10.2. The first-order valence-corrected chi connectivity index (χ1v) is 7.07. The van der Waals surface area contributed by atoms with Crippen molar-refractivity contribution in [3.63, 3.8) is 0 Å². The quantitative estimate of drug-likeness (QED) is 0.907. The first kappa shape index (κ1) is 13.5. The molecule has 19 heavy (non-hydrogen) atoms. The Morgan fingerprint density at radius 1 is 1.11 bits per heavy atom. The van der Waals surface area contributed by atoms with Gasteiger partial charge in [-0.15, -0.1) is 0 Å². The van der Waals surface area contributed by atoms with Gasteiger partial charge in [-0.1, -0.05) is 6.07 Å². The second kappa shape index (κ2) is 4.99. The Hall–Kier alpha value is -1.92. The minimum Gasteiger partial charge on any atom is -0.353 e. The lowest BCUT2D eigenvalue weighted by Gasteiger charge is -2.08. The molecule has 2 aromatic rings. The van der Waals surface area contributed by atoms with E-state index in [0.717, 1.165) is 5.56 Å². The number of nitrogens with one attached hydrogen (secondary N) is 1. The molecule has 4 nitrogen and oxygen atoms in total. The minimum absolute atomic E-state index is 0.0161. The van der Waals surface area contributed by atoms with E-state index in [9.17, 15) is 12.8 Å². The van der Waals surface area contributed by atoms with Crippen LogP contribution < -0.4 is 10.5 Å². The highest BCUT2D eigenvalue weighted by molar-refractivity contribution is 7.89. The fraction of sp³-hybridized carbons (Fsp3) is 0.0769. The predicted molar refractivity (Wildman–Crippen MR) is 72.2 cm³/mol. The van der Waals surface area contributed by atoms with Crippen LogP contribution in [0.5, 0.6) is 0 Å². The highest BCUT2D eigenvalue weighted by Gasteiger charge is 2.07. The minimum atomic E-state index is -3.71. The van der Waals surface area contributed by atoms with Gasteiger partial charge in [-0.3, -0.25) is 0 Å². The lowest BCUT2D eigenvalue weighted by molar-refractivity contribution is 0.598. The summed E-state index contributed by atoms with van der Waals surface area (Å²) in [6.07, 6.45) is 0. The van der Waals surface area contributed by atoms with E-state index in [-0.39, 0.29) is 10.7 Å². The normalized spacial score (nSPS) is 11.3. The van der Waals surface area contributed by atoms with E-state index >= 15 is 0 Å². The number of sulfonamides is 1. The number of hydrogen-bond acceptors (Lipinski definition) is 3. The molecule has 0 saturated carbocycles. The van der Waals surface area contributed by atoms with Crippen LogP contribution in [0.3, 0.4) is 0 Å². The van der Waals surface area contributed by atoms with Gasteiger partial charge in [0.15, 0.2) is 0 Å². The van der Waals surface area contributed by atoms with Crippen LogP contribution >= 0.6 is 0 Å².